The number of ether oxygens (including phenoxy) is 1. The van der Waals surface area contributed by atoms with Crippen LogP contribution in [0.25, 0.3) is 0 Å². The molecule has 0 bridgehead atoms. The lowest BCUT2D eigenvalue weighted by Crippen LogP contribution is -2.00. The van der Waals surface area contributed by atoms with Crippen molar-refractivity contribution in [2.24, 2.45) is 0 Å². The molecular formula is C19H17N5O. The second-order valence-corrected chi connectivity index (χ2v) is 5.17. The molecule has 1 aromatic heterocycles. The van der Waals surface area contributed by atoms with Gasteiger partial charge in [0.05, 0.1) is 18.2 Å². The third kappa shape index (κ3) is 4.45. The number of nitrogens with zero attached hydrogens (tertiary/aromatic N) is 3. The van der Waals surface area contributed by atoms with Crippen LogP contribution in [0.3, 0.4) is 0 Å². The topological polar surface area (TPSA) is 82.9 Å². The number of hydrogen-bond donors (Lipinski definition) is 2. The molecule has 0 saturated heterocycles. The molecule has 0 radical (unpaired) electrons. The highest BCUT2D eigenvalue weighted by Gasteiger charge is 2.02. The number of anilines is 4. The van der Waals surface area contributed by atoms with Gasteiger partial charge in [-0.3, -0.25) is 0 Å². The summed E-state index contributed by atoms with van der Waals surface area (Å²) in [7, 11) is 0. The summed E-state index contributed by atoms with van der Waals surface area (Å²) >= 11 is 0. The molecule has 0 aliphatic heterocycles. The Morgan fingerprint density at radius 1 is 1.04 bits per heavy atom. The van der Waals surface area contributed by atoms with E-state index in [1.54, 1.807) is 24.4 Å². The van der Waals surface area contributed by atoms with E-state index in [2.05, 4.69) is 26.7 Å². The third-order valence-electron chi connectivity index (χ3n) is 3.34. The highest BCUT2D eigenvalue weighted by atomic mass is 16.5. The Bertz CT molecular complexity index is 887. The van der Waals surface area contributed by atoms with Crippen LogP contribution in [0.5, 0.6) is 5.75 Å². The highest BCUT2D eigenvalue weighted by Crippen LogP contribution is 2.20. The zero-order valence-electron chi connectivity index (χ0n) is 13.7. The van der Waals surface area contributed by atoms with Gasteiger partial charge in [0.2, 0.25) is 5.95 Å². The first kappa shape index (κ1) is 16.3. The van der Waals surface area contributed by atoms with Crippen LogP contribution in [0.1, 0.15) is 12.5 Å². The van der Waals surface area contributed by atoms with Crippen molar-refractivity contribution in [2.75, 3.05) is 17.2 Å². The van der Waals surface area contributed by atoms with Crippen molar-refractivity contribution in [3.8, 4) is 11.8 Å². The van der Waals surface area contributed by atoms with Crippen LogP contribution < -0.4 is 15.4 Å². The largest absolute Gasteiger partial charge is 0.494 e. The van der Waals surface area contributed by atoms with E-state index in [-0.39, 0.29) is 0 Å². The van der Waals surface area contributed by atoms with Gasteiger partial charge in [-0.1, -0.05) is 6.07 Å². The molecule has 1 heterocycles. The van der Waals surface area contributed by atoms with Crippen molar-refractivity contribution in [2.45, 2.75) is 6.92 Å². The van der Waals surface area contributed by atoms with Gasteiger partial charge in [0, 0.05) is 17.6 Å². The molecule has 0 saturated carbocycles. The Labute approximate surface area is 146 Å². The van der Waals surface area contributed by atoms with Crippen LogP contribution in [-0.2, 0) is 0 Å². The van der Waals surface area contributed by atoms with E-state index in [1.165, 1.54) is 0 Å². The first-order chi connectivity index (χ1) is 12.3. The van der Waals surface area contributed by atoms with E-state index in [0.717, 1.165) is 17.1 Å². The predicted octanol–water partition coefficient (Wildman–Crippen LogP) is 4.23. The van der Waals surface area contributed by atoms with Crippen molar-refractivity contribution in [1.82, 2.24) is 9.97 Å². The second kappa shape index (κ2) is 7.79. The smallest absolute Gasteiger partial charge is 0.229 e. The summed E-state index contributed by atoms with van der Waals surface area (Å²) in [5.41, 5.74) is 2.24. The second-order valence-electron chi connectivity index (χ2n) is 5.17. The fourth-order valence-corrected chi connectivity index (χ4v) is 2.23. The number of aromatic nitrogens is 2. The first-order valence-corrected chi connectivity index (χ1v) is 7.87. The SMILES string of the molecule is CCOc1ccc(Nc2ccnc(Nc3cccc(C#N)c3)n2)cc1. The molecule has 2 aromatic carbocycles. The third-order valence-corrected chi connectivity index (χ3v) is 3.34. The molecule has 2 N–H and O–H groups in total. The fourth-order valence-electron chi connectivity index (χ4n) is 2.23. The zero-order chi connectivity index (χ0) is 17.5. The maximum absolute atomic E-state index is 8.96. The van der Waals surface area contributed by atoms with Gasteiger partial charge in [-0.15, -0.1) is 0 Å². The van der Waals surface area contributed by atoms with Gasteiger partial charge in [-0.05, 0) is 55.5 Å². The van der Waals surface area contributed by atoms with Gasteiger partial charge in [0.25, 0.3) is 0 Å². The van der Waals surface area contributed by atoms with Crippen molar-refractivity contribution >= 4 is 23.1 Å². The number of nitriles is 1. The zero-order valence-corrected chi connectivity index (χ0v) is 13.7. The van der Waals surface area contributed by atoms with Crippen LogP contribution in [0, 0.1) is 11.3 Å². The van der Waals surface area contributed by atoms with Crippen LogP contribution in [0.4, 0.5) is 23.1 Å². The Hall–Kier alpha value is -3.59. The normalized spacial score (nSPS) is 9.92. The van der Waals surface area contributed by atoms with Gasteiger partial charge in [-0.2, -0.15) is 10.2 Å². The number of nitrogens with one attached hydrogen (secondary N) is 2. The molecule has 3 rings (SSSR count). The number of benzene rings is 2. The van der Waals surface area contributed by atoms with E-state index in [0.29, 0.717) is 23.9 Å². The molecule has 3 aromatic rings. The predicted molar refractivity (Wildman–Crippen MR) is 97.4 cm³/mol. The van der Waals surface area contributed by atoms with Crippen molar-refractivity contribution < 1.29 is 4.74 Å². The van der Waals surface area contributed by atoms with Crippen molar-refractivity contribution in [3.05, 3.63) is 66.4 Å². The van der Waals surface area contributed by atoms with Crippen LogP contribution >= 0.6 is 0 Å². The Morgan fingerprint density at radius 2 is 1.88 bits per heavy atom. The molecule has 0 aliphatic rings. The standard InChI is InChI=1S/C19H17N5O/c1-2-25-17-8-6-15(7-9-17)22-18-10-11-21-19(24-18)23-16-5-3-4-14(12-16)13-20/h3-12H,2H2,1H3,(H2,21,22,23,24). The van der Waals surface area contributed by atoms with Crippen LogP contribution in [-0.4, -0.2) is 16.6 Å². The summed E-state index contributed by atoms with van der Waals surface area (Å²) < 4.78 is 5.43. The molecule has 124 valence electrons. The first-order valence-electron chi connectivity index (χ1n) is 7.87. The summed E-state index contributed by atoms with van der Waals surface area (Å²) in [4.78, 5) is 8.64. The average Bonchev–Trinajstić information content (AvgIpc) is 2.64. The molecule has 6 heteroatoms. The van der Waals surface area contributed by atoms with Gasteiger partial charge in [0.1, 0.15) is 11.6 Å². The Morgan fingerprint density at radius 3 is 2.64 bits per heavy atom. The van der Waals surface area contributed by atoms with E-state index in [1.807, 2.05) is 43.3 Å². The van der Waals surface area contributed by atoms with Gasteiger partial charge < -0.3 is 15.4 Å². The van der Waals surface area contributed by atoms with E-state index < -0.39 is 0 Å². The summed E-state index contributed by atoms with van der Waals surface area (Å²) in [6, 6.07) is 18.7. The lowest BCUT2D eigenvalue weighted by atomic mass is 10.2. The molecule has 0 spiro atoms. The average molecular weight is 331 g/mol. The summed E-state index contributed by atoms with van der Waals surface area (Å²) in [6.45, 7) is 2.59. The van der Waals surface area contributed by atoms with E-state index in [9.17, 15) is 0 Å². The van der Waals surface area contributed by atoms with Gasteiger partial charge >= 0.3 is 0 Å². The molecule has 0 atom stereocenters. The lowest BCUT2D eigenvalue weighted by molar-refractivity contribution is 0.340. The molecular weight excluding hydrogens is 314 g/mol. The lowest BCUT2D eigenvalue weighted by Gasteiger charge is -2.09. The monoisotopic (exact) mass is 331 g/mol. The van der Waals surface area contributed by atoms with Gasteiger partial charge in [0.15, 0.2) is 0 Å². The maximum atomic E-state index is 8.96. The molecule has 0 fully saturated rings. The maximum Gasteiger partial charge on any atom is 0.229 e. The minimum absolute atomic E-state index is 0.450. The Kier molecular flexibility index (Phi) is 5.07. The van der Waals surface area contributed by atoms with Gasteiger partial charge in [-0.25, -0.2) is 4.98 Å². The summed E-state index contributed by atoms with van der Waals surface area (Å²) in [5.74, 6) is 1.94. The molecule has 25 heavy (non-hydrogen) atoms. The van der Waals surface area contributed by atoms with E-state index in [4.69, 9.17) is 10.00 Å². The summed E-state index contributed by atoms with van der Waals surface area (Å²) in [6.07, 6.45) is 1.67. The van der Waals surface area contributed by atoms with Crippen molar-refractivity contribution in [3.63, 3.8) is 0 Å². The van der Waals surface area contributed by atoms with Crippen molar-refractivity contribution in [1.29, 1.82) is 5.26 Å². The fraction of sp³-hybridized carbons (Fsp3) is 0.105. The molecule has 6 nitrogen and oxygen atoms in total. The van der Waals surface area contributed by atoms with E-state index >= 15 is 0 Å². The molecule has 0 aliphatic carbocycles. The highest BCUT2D eigenvalue weighted by molar-refractivity contribution is 5.60. The molecule has 0 amide bonds. The number of hydrogen-bond acceptors (Lipinski definition) is 6. The minimum atomic E-state index is 0.450. The van der Waals surface area contributed by atoms with Crippen LogP contribution in [0.15, 0.2) is 60.8 Å². The quantitative estimate of drug-likeness (QED) is 0.703. The van der Waals surface area contributed by atoms with Crippen LogP contribution in [0.2, 0.25) is 0 Å². The molecule has 0 unspecified atom stereocenters. The number of rotatable bonds is 6. The summed E-state index contributed by atoms with van der Waals surface area (Å²) in [5, 5.41) is 15.3. The minimum Gasteiger partial charge on any atom is -0.494 e. The Balaban J connectivity index is 1.71.